The molecule has 2 aromatic rings. The second-order valence-corrected chi connectivity index (χ2v) is 8.06. The van der Waals surface area contributed by atoms with Crippen LogP contribution in [0.15, 0.2) is 59.5 Å². The van der Waals surface area contributed by atoms with Gasteiger partial charge in [-0.3, -0.25) is 4.79 Å². The summed E-state index contributed by atoms with van der Waals surface area (Å²) in [6.07, 6.45) is 0. The molecule has 138 valence electrons. The van der Waals surface area contributed by atoms with Crippen LogP contribution in [0.4, 0.5) is 5.69 Å². The van der Waals surface area contributed by atoms with Crippen LogP contribution in [0.2, 0.25) is 0 Å². The van der Waals surface area contributed by atoms with Crippen LogP contribution in [0.5, 0.6) is 0 Å². The van der Waals surface area contributed by atoms with Gasteiger partial charge in [-0.2, -0.15) is 0 Å². The van der Waals surface area contributed by atoms with Gasteiger partial charge in [-0.1, -0.05) is 36.4 Å². The van der Waals surface area contributed by atoms with E-state index in [0.29, 0.717) is 13.1 Å². The van der Waals surface area contributed by atoms with Gasteiger partial charge < -0.3 is 9.80 Å². The second kappa shape index (κ2) is 7.88. The van der Waals surface area contributed by atoms with E-state index in [0.717, 1.165) is 13.1 Å². The highest BCUT2D eigenvalue weighted by molar-refractivity contribution is 7.89. The van der Waals surface area contributed by atoms with Crippen molar-refractivity contribution in [2.24, 2.45) is 0 Å². The van der Waals surface area contributed by atoms with E-state index in [9.17, 15) is 13.2 Å². The van der Waals surface area contributed by atoms with Crippen molar-refractivity contribution in [3.05, 3.63) is 60.2 Å². The molecule has 0 spiro atoms. The number of nitrogens with one attached hydrogen (secondary N) is 1. The van der Waals surface area contributed by atoms with E-state index in [1.54, 1.807) is 23.1 Å². The smallest absolute Gasteiger partial charge is 0.241 e. The van der Waals surface area contributed by atoms with Gasteiger partial charge in [0.1, 0.15) is 0 Å². The predicted octanol–water partition coefficient (Wildman–Crippen LogP) is 1.62. The number of piperazine rings is 1. The lowest BCUT2D eigenvalue weighted by atomic mass is 10.1. The Morgan fingerprint density at radius 1 is 0.962 bits per heavy atom. The summed E-state index contributed by atoms with van der Waals surface area (Å²) in [4.78, 5) is 16.5. The molecular formula is C19H23N3O3S. The molecular weight excluding hydrogens is 350 g/mol. The number of hydrogen-bond acceptors (Lipinski definition) is 4. The molecule has 7 heteroatoms. The Hall–Kier alpha value is -2.38. The molecule has 1 heterocycles. The first kappa shape index (κ1) is 18.4. The molecule has 0 aliphatic carbocycles. The van der Waals surface area contributed by atoms with Crippen LogP contribution in [0, 0.1) is 6.92 Å². The molecule has 6 nitrogen and oxygen atoms in total. The number of sulfonamides is 1. The van der Waals surface area contributed by atoms with E-state index in [2.05, 4.69) is 28.7 Å². The van der Waals surface area contributed by atoms with E-state index in [1.165, 1.54) is 23.4 Å². The van der Waals surface area contributed by atoms with Crippen molar-refractivity contribution in [3.8, 4) is 0 Å². The van der Waals surface area contributed by atoms with E-state index in [4.69, 9.17) is 0 Å². The summed E-state index contributed by atoms with van der Waals surface area (Å²) in [6, 6.07) is 16.3. The molecule has 0 bridgehead atoms. The van der Waals surface area contributed by atoms with Crippen LogP contribution in [0.1, 0.15) is 5.56 Å². The van der Waals surface area contributed by atoms with Crippen molar-refractivity contribution < 1.29 is 13.2 Å². The lowest BCUT2D eigenvalue weighted by Gasteiger charge is -2.36. The van der Waals surface area contributed by atoms with Crippen molar-refractivity contribution in [2.45, 2.75) is 11.8 Å². The van der Waals surface area contributed by atoms with Crippen LogP contribution < -0.4 is 9.62 Å². The zero-order chi connectivity index (χ0) is 18.6. The highest BCUT2D eigenvalue weighted by Gasteiger charge is 2.23. The van der Waals surface area contributed by atoms with Gasteiger partial charge in [0, 0.05) is 31.9 Å². The zero-order valence-corrected chi connectivity index (χ0v) is 15.6. The largest absolute Gasteiger partial charge is 0.368 e. The molecule has 1 aliphatic rings. The van der Waals surface area contributed by atoms with E-state index in [-0.39, 0.29) is 17.3 Å². The Morgan fingerprint density at radius 2 is 1.58 bits per heavy atom. The highest BCUT2D eigenvalue weighted by Crippen LogP contribution is 2.20. The highest BCUT2D eigenvalue weighted by atomic mass is 32.2. The number of carbonyl (C=O) groups excluding carboxylic acids is 1. The quantitative estimate of drug-likeness (QED) is 0.865. The molecule has 3 rings (SSSR count). The maximum absolute atomic E-state index is 12.4. The number of amides is 1. The minimum Gasteiger partial charge on any atom is -0.368 e. The van der Waals surface area contributed by atoms with Crippen molar-refractivity contribution in [1.82, 2.24) is 9.62 Å². The number of anilines is 1. The van der Waals surface area contributed by atoms with Gasteiger partial charge >= 0.3 is 0 Å². The molecule has 1 amide bonds. The summed E-state index contributed by atoms with van der Waals surface area (Å²) in [6.45, 7) is 4.50. The predicted molar refractivity (Wildman–Crippen MR) is 102 cm³/mol. The number of rotatable bonds is 5. The lowest BCUT2D eigenvalue weighted by Crippen LogP contribution is -2.51. The summed E-state index contributed by atoms with van der Waals surface area (Å²) < 4.78 is 26.8. The molecule has 1 aliphatic heterocycles. The SMILES string of the molecule is Cc1ccccc1N1CCN(C(=O)CNS(=O)(=O)c2ccccc2)CC1. The molecule has 0 aromatic heterocycles. The van der Waals surface area contributed by atoms with E-state index >= 15 is 0 Å². The molecule has 2 aromatic carbocycles. The average Bonchev–Trinajstić information content (AvgIpc) is 2.67. The Bertz CT molecular complexity index is 861. The Balaban J connectivity index is 1.54. The van der Waals surface area contributed by atoms with Crippen molar-refractivity contribution >= 4 is 21.6 Å². The number of nitrogens with zero attached hydrogens (tertiary/aromatic N) is 2. The third-order valence-corrected chi connectivity index (χ3v) is 5.97. The maximum Gasteiger partial charge on any atom is 0.241 e. The number of hydrogen-bond donors (Lipinski definition) is 1. The summed E-state index contributed by atoms with van der Waals surface area (Å²) >= 11 is 0. The Labute approximate surface area is 154 Å². The van der Waals surface area contributed by atoms with Crippen LogP contribution in [0.3, 0.4) is 0 Å². The molecule has 0 unspecified atom stereocenters. The fourth-order valence-electron chi connectivity index (χ4n) is 3.07. The van der Waals surface area contributed by atoms with Gasteiger partial charge in [-0.25, -0.2) is 13.1 Å². The third kappa shape index (κ3) is 4.23. The van der Waals surface area contributed by atoms with Crippen LogP contribution in [0.25, 0.3) is 0 Å². The van der Waals surface area contributed by atoms with Gasteiger partial charge in [-0.05, 0) is 30.7 Å². The standard InChI is InChI=1S/C19H23N3O3S/c1-16-7-5-6-10-18(16)21-11-13-22(14-12-21)19(23)15-20-26(24,25)17-8-3-2-4-9-17/h2-10,20H,11-15H2,1H3. The molecule has 1 saturated heterocycles. The molecule has 1 N–H and O–H groups in total. The van der Waals surface area contributed by atoms with Gasteiger partial charge in [0.25, 0.3) is 0 Å². The number of carbonyl (C=O) groups is 1. The van der Waals surface area contributed by atoms with Gasteiger partial charge in [0.2, 0.25) is 15.9 Å². The minimum atomic E-state index is -3.66. The van der Waals surface area contributed by atoms with Crippen molar-refractivity contribution in [1.29, 1.82) is 0 Å². The number of aryl methyl sites for hydroxylation is 1. The summed E-state index contributed by atoms with van der Waals surface area (Å²) in [5.74, 6) is -0.200. The third-order valence-electron chi connectivity index (χ3n) is 4.56. The fraction of sp³-hybridized carbons (Fsp3) is 0.316. The number of para-hydroxylation sites is 1. The van der Waals surface area contributed by atoms with Crippen LogP contribution >= 0.6 is 0 Å². The topological polar surface area (TPSA) is 69.7 Å². The minimum absolute atomic E-state index is 0.164. The maximum atomic E-state index is 12.4. The molecule has 26 heavy (non-hydrogen) atoms. The number of benzene rings is 2. The average molecular weight is 373 g/mol. The zero-order valence-electron chi connectivity index (χ0n) is 14.8. The normalized spacial score (nSPS) is 15.1. The van der Waals surface area contributed by atoms with E-state index < -0.39 is 10.0 Å². The van der Waals surface area contributed by atoms with Gasteiger partial charge in [0.05, 0.1) is 11.4 Å². The summed E-state index contributed by atoms with van der Waals surface area (Å²) in [5.41, 5.74) is 2.40. The summed E-state index contributed by atoms with van der Waals surface area (Å²) in [5, 5.41) is 0. The summed E-state index contributed by atoms with van der Waals surface area (Å²) in [7, 11) is -3.66. The van der Waals surface area contributed by atoms with Crippen LogP contribution in [-0.4, -0.2) is 51.9 Å². The van der Waals surface area contributed by atoms with Crippen molar-refractivity contribution in [3.63, 3.8) is 0 Å². The van der Waals surface area contributed by atoms with Gasteiger partial charge in [-0.15, -0.1) is 0 Å². The molecule has 0 saturated carbocycles. The van der Waals surface area contributed by atoms with E-state index in [1.807, 2.05) is 12.1 Å². The second-order valence-electron chi connectivity index (χ2n) is 6.29. The van der Waals surface area contributed by atoms with Crippen LogP contribution in [-0.2, 0) is 14.8 Å². The Morgan fingerprint density at radius 3 is 2.23 bits per heavy atom. The molecule has 1 fully saturated rings. The first-order valence-corrected chi connectivity index (χ1v) is 10.1. The Kier molecular flexibility index (Phi) is 5.58. The molecule has 0 radical (unpaired) electrons. The fourth-order valence-corrected chi connectivity index (χ4v) is 4.06. The first-order valence-electron chi connectivity index (χ1n) is 8.60. The first-order chi connectivity index (χ1) is 12.5. The molecule has 0 atom stereocenters. The lowest BCUT2D eigenvalue weighted by molar-refractivity contribution is -0.130. The monoisotopic (exact) mass is 373 g/mol. The van der Waals surface area contributed by atoms with Crippen molar-refractivity contribution in [2.75, 3.05) is 37.6 Å². The van der Waals surface area contributed by atoms with Gasteiger partial charge in [0.15, 0.2) is 0 Å².